The Kier molecular flexibility index (Phi) is 286. The Balaban J connectivity index is 0. The number of hydrogen-bond acceptors (Lipinski definition) is 1. The van der Waals surface area contributed by atoms with Gasteiger partial charge in [0, 0.05) is 0 Å². The number of halogens is 3. The Morgan fingerprint density at radius 3 is 0.600 bits per heavy atom. The zero-order valence-corrected chi connectivity index (χ0v) is 10.0. The summed E-state index contributed by atoms with van der Waals surface area (Å²) >= 11 is 0. The maximum atomic E-state index is 0. The van der Waals surface area contributed by atoms with Gasteiger partial charge in [-0.15, -0.1) is 0 Å². The molecule has 0 aromatic rings. The first-order valence-corrected chi connectivity index (χ1v) is 0. The smallest absolute Gasteiger partial charge is 1.00 e. The fourth-order valence-corrected chi connectivity index (χ4v) is 0. The molecule has 0 spiro atoms. The van der Waals surface area contributed by atoms with Crippen molar-refractivity contribution in [3.63, 3.8) is 0 Å². The third kappa shape index (κ3) is 20.4. The van der Waals surface area contributed by atoms with E-state index in [2.05, 4.69) is 0 Å². The molecule has 0 aliphatic heterocycles. The molecule has 0 unspecified atom stereocenters. The summed E-state index contributed by atoms with van der Waals surface area (Å²) in [5.74, 6) is 0. The minimum Gasteiger partial charge on any atom is -1.00 e. The van der Waals surface area contributed by atoms with Gasteiger partial charge in [-0.2, -0.15) is 0 Å². The van der Waals surface area contributed by atoms with Crippen molar-refractivity contribution < 1.29 is 71.9 Å². The van der Waals surface area contributed by atoms with E-state index in [0.29, 0.717) is 0 Å². The second-order valence-electron chi connectivity index (χ2n) is 0. The first kappa shape index (κ1) is 47.7. The van der Waals surface area contributed by atoms with E-state index >= 15 is 0 Å². The van der Waals surface area contributed by atoms with E-state index in [9.17, 15) is 0 Å². The Labute approximate surface area is 93.8 Å². The van der Waals surface area contributed by atoms with Gasteiger partial charge in [0.25, 0.3) is 0 Å². The molecule has 32 valence electrons. The van der Waals surface area contributed by atoms with E-state index in [1.165, 1.54) is 0 Å². The van der Waals surface area contributed by atoms with Crippen LogP contribution in [-0.4, -0.2) is 17.4 Å². The van der Waals surface area contributed by atoms with E-state index in [4.69, 9.17) is 0 Å². The van der Waals surface area contributed by atoms with Crippen molar-refractivity contribution in [1.29, 1.82) is 0 Å². The summed E-state index contributed by atoms with van der Waals surface area (Å²) in [6, 6.07) is 0. The molecule has 0 heterocycles. The molecule has 0 aromatic heterocycles. The van der Waals surface area contributed by atoms with Crippen LogP contribution < -0.4 is 78.1 Å². The Hall–Kier alpha value is 2.68. The molecule has 0 rings (SSSR count). The zero-order valence-electron chi connectivity index (χ0n) is 2.42. The molecule has 0 bridgehead atoms. The molecular weight excluding hydrogens is 422 g/mol. The molecule has 0 radical (unpaired) electrons. The van der Waals surface area contributed by atoms with Crippen molar-refractivity contribution in [3.05, 3.63) is 0 Å². The van der Waals surface area contributed by atoms with E-state index in [1.54, 1.807) is 0 Å². The molecule has 5 heavy (non-hydrogen) atoms. The molecule has 0 aliphatic rings. The van der Waals surface area contributed by atoms with Crippen LogP contribution in [0.1, 0.15) is 0 Å². The van der Waals surface area contributed by atoms with Crippen LogP contribution in [0.2, 0.25) is 0 Å². The second kappa shape index (κ2) is 30.0. The van der Waals surface area contributed by atoms with E-state index in [-0.39, 0.29) is 95.4 Å². The number of hydrogen-bond donors (Lipinski definition) is 1. The van der Waals surface area contributed by atoms with Gasteiger partial charge in [0.2, 0.25) is 0 Å². The molecule has 0 saturated heterocycles. The predicted molar refractivity (Wildman–Crippen MR) is 10.8 cm³/mol. The van der Waals surface area contributed by atoms with Gasteiger partial charge in [0.1, 0.15) is 0 Å². The monoisotopic (exact) mass is 425 g/mol. The maximum Gasteiger partial charge on any atom is 3.00 e. The van der Waals surface area contributed by atoms with Crippen LogP contribution in [-0.2, 0) is 0 Å². The standard InChI is InChI=1S/Al.3HI.H3N/h;3*1H;1H3/q+3;;;;/p-3. The summed E-state index contributed by atoms with van der Waals surface area (Å²) in [7, 11) is 0. The van der Waals surface area contributed by atoms with Crippen LogP contribution >= 0.6 is 0 Å². The van der Waals surface area contributed by atoms with E-state index < -0.39 is 0 Å². The summed E-state index contributed by atoms with van der Waals surface area (Å²) in [5.41, 5.74) is 0. The van der Waals surface area contributed by atoms with Gasteiger partial charge in [-0.1, -0.05) is 0 Å². The van der Waals surface area contributed by atoms with Crippen molar-refractivity contribution in [1.82, 2.24) is 6.15 Å². The summed E-state index contributed by atoms with van der Waals surface area (Å²) < 4.78 is 0. The van der Waals surface area contributed by atoms with Gasteiger partial charge >= 0.3 is 17.4 Å². The topological polar surface area (TPSA) is 35.0 Å². The molecule has 0 fully saturated rings. The fourth-order valence-electron chi connectivity index (χ4n) is 0. The van der Waals surface area contributed by atoms with Crippen molar-refractivity contribution in [2.24, 2.45) is 0 Å². The molecule has 3 N–H and O–H groups in total. The van der Waals surface area contributed by atoms with Crippen LogP contribution in [0, 0.1) is 0 Å². The molecule has 0 aromatic carbocycles. The molecule has 0 saturated carbocycles. The van der Waals surface area contributed by atoms with Crippen LogP contribution in [0.15, 0.2) is 0 Å². The molecule has 0 aliphatic carbocycles. The van der Waals surface area contributed by atoms with Gasteiger partial charge in [0.15, 0.2) is 0 Å². The molecule has 5 heteroatoms. The normalized spacial score (nSPS) is 0. The van der Waals surface area contributed by atoms with Crippen LogP contribution in [0.25, 0.3) is 0 Å². The van der Waals surface area contributed by atoms with Crippen molar-refractivity contribution >= 4 is 17.4 Å². The summed E-state index contributed by atoms with van der Waals surface area (Å²) in [6.45, 7) is 0. The zero-order chi connectivity index (χ0) is 0. The maximum absolute atomic E-state index is 0. The Morgan fingerprint density at radius 2 is 0.600 bits per heavy atom. The van der Waals surface area contributed by atoms with E-state index in [1.807, 2.05) is 0 Å². The minimum absolute atomic E-state index is 0. The van der Waals surface area contributed by atoms with Crippen molar-refractivity contribution in [3.8, 4) is 0 Å². The SMILES string of the molecule is N.[Al+3].[I-].[I-].[I-]. The number of rotatable bonds is 0. The first-order valence-electron chi connectivity index (χ1n) is 0. The van der Waals surface area contributed by atoms with Crippen molar-refractivity contribution in [2.75, 3.05) is 0 Å². The van der Waals surface area contributed by atoms with Gasteiger partial charge in [-0.3, -0.25) is 0 Å². The van der Waals surface area contributed by atoms with Gasteiger partial charge in [0.05, 0.1) is 0 Å². The molecule has 1 nitrogen and oxygen atoms in total. The summed E-state index contributed by atoms with van der Waals surface area (Å²) in [6.07, 6.45) is 0. The van der Waals surface area contributed by atoms with Gasteiger partial charge < -0.3 is 78.1 Å². The predicted octanol–water partition coefficient (Wildman–Crippen LogP) is -9.21. The Morgan fingerprint density at radius 1 is 0.600 bits per heavy atom. The largest absolute Gasteiger partial charge is 3.00 e. The van der Waals surface area contributed by atoms with E-state index in [0.717, 1.165) is 0 Å². The van der Waals surface area contributed by atoms with Crippen LogP contribution in [0.4, 0.5) is 0 Å². The molecular formula is H3AlI3N. The van der Waals surface area contributed by atoms with Crippen molar-refractivity contribution in [2.45, 2.75) is 0 Å². The van der Waals surface area contributed by atoms with Gasteiger partial charge in [-0.25, -0.2) is 0 Å². The average Bonchev–Trinajstić information content (AvgIpc) is 0. The molecule has 0 atom stereocenters. The second-order valence-corrected chi connectivity index (χ2v) is 0. The average molecular weight is 425 g/mol. The summed E-state index contributed by atoms with van der Waals surface area (Å²) in [5, 5.41) is 0. The minimum atomic E-state index is 0. The Bertz CT molecular complexity index is 6.85. The fraction of sp³-hybridized carbons (Fsp3) is 0. The molecule has 0 amide bonds. The third-order valence-electron chi connectivity index (χ3n) is 0. The van der Waals surface area contributed by atoms with Gasteiger partial charge in [-0.05, 0) is 0 Å². The van der Waals surface area contributed by atoms with Crippen LogP contribution in [0.3, 0.4) is 0 Å². The quantitative estimate of drug-likeness (QED) is 0.304. The third-order valence-corrected chi connectivity index (χ3v) is 0. The van der Waals surface area contributed by atoms with Crippen LogP contribution in [0.5, 0.6) is 0 Å². The first-order chi connectivity index (χ1) is 0. The summed E-state index contributed by atoms with van der Waals surface area (Å²) in [4.78, 5) is 0.